The maximum Gasteiger partial charge on any atom is 0.262 e. The predicted molar refractivity (Wildman–Crippen MR) is 217 cm³/mol. The van der Waals surface area contributed by atoms with Gasteiger partial charge in [0.1, 0.15) is 5.56 Å². The topological polar surface area (TPSA) is 149 Å². The molecule has 0 spiro atoms. The van der Waals surface area contributed by atoms with Crippen molar-refractivity contribution in [1.82, 2.24) is 25.1 Å². The fourth-order valence-corrected chi connectivity index (χ4v) is 6.34. The standard InChI is InChI=1S/C42H55N7O7/c1-27(2)44-37(50)16-14-30-13-15-33(34(23-30)52-6)56-41-32(40(51)46-38-28(3)11-9-12-29(38)4)26-43-42(47-41)45-31-24-35(53-7)39(54-8)36(25-31)55-22-10-17-49-20-18-48(5)19-21-49/h9,11-13,15,23-27H,10,14,16-22H2,1-8H3,(H,44,50)(H,46,51)(H,43,45,47). The Morgan fingerprint density at radius 1 is 0.875 bits per heavy atom. The van der Waals surface area contributed by atoms with Crippen LogP contribution in [0.15, 0.2) is 54.7 Å². The molecule has 2 amide bonds. The molecule has 0 bridgehead atoms. The third kappa shape index (κ3) is 11.2. The Morgan fingerprint density at radius 3 is 2.27 bits per heavy atom. The fourth-order valence-electron chi connectivity index (χ4n) is 6.34. The molecule has 3 aromatic carbocycles. The summed E-state index contributed by atoms with van der Waals surface area (Å²) in [5, 5.41) is 9.15. The average Bonchev–Trinajstić information content (AvgIpc) is 3.17. The second-order valence-electron chi connectivity index (χ2n) is 14.1. The first kappa shape index (κ1) is 41.6. The van der Waals surface area contributed by atoms with Crippen molar-refractivity contribution in [3.63, 3.8) is 0 Å². The molecule has 5 rings (SSSR count). The van der Waals surface area contributed by atoms with Gasteiger partial charge in [0.05, 0.1) is 27.9 Å². The molecule has 0 atom stereocenters. The molecule has 300 valence electrons. The van der Waals surface area contributed by atoms with Crippen LogP contribution in [0.4, 0.5) is 17.3 Å². The molecule has 3 N–H and O–H groups in total. The van der Waals surface area contributed by atoms with Gasteiger partial charge in [0.15, 0.2) is 23.0 Å². The molecule has 2 heterocycles. The summed E-state index contributed by atoms with van der Waals surface area (Å²) >= 11 is 0. The van der Waals surface area contributed by atoms with Gasteiger partial charge in [-0.15, -0.1) is 0 Å². The number of aromatic nitrogens is 2. The Hall–Kier alpha value is -5.60. The lowest BCUT2D eigenvalue weighted by Gasteiger charge is -2.32. The summed E-state index contributed by atoms with van der Waals surface area (Å²) in [5.74, 6) is 1.83. The van der Waals surface area contributed by atoms with E-state index in [1.54, 1.807) is 32.4 Å². The van der Waals surface area contributed by atoms with Crippen LogP contribution in [-0.4, -0.2) is 105 Å². The van der Waals surface area contributed by atoms with E-state index in [2.05, 4.69) is 42.8 Å². The first-order valence-corrected chi connectivity index (χ1v) is 18.9. The van der Waals surface area contributed by atoms with Gasteiger partial charge in [-0.25, -0.2) is 4.98 Å². The molecule has 1 aliphatic heterocycles. The van der Waals surface area contributed by atoms with Gasteiger partial charge < -0.3 is 49.4 Å². The summed E-state index contributed by atoms with van der Waals surface area (Å²) in [6, 6.07) is 14.8. The van der Waals surface area contributed by atoms with Crippen molar-refractivity contribution in [1.29, 1.82) is 0 Å². The minimum Gasteiger partial charge on any atom is -0.493 e. The van der Waals surface area contributed by atoms with E-state index in [4.69, 9.17) is 23.7 Å². The number of nitrogens with zero attached hydrogens (tertiary/aromatic N) is 4. The largest absolute Gasteiger partial charge is 0.493 e. The third-order valence-electron chi connectivity index (χ3n) is 9.42. The summed E-state index contributed by atoms with van der Waals surface area (Å²) in [5.41, 5.74) is 4.06. The number of aryl methyl sites for hydroxylation is 3. The Morgan fingerprint density at radius 2 is 1.59 bits per heavy atom. The molecule has 0 saturated carbocycles. The van der Waals surface area contributed by atoms with Crippen LogP contribution in [0, 0.1) is 13.8 Å². The maximum absolute atomic E-state index is 13.9. The summed E-state index contributed by atoms with van der Waals surface area (Å²) in [6.07, 6.45) is 3.09. The Labute approximate surface area is 329 Å². The van der Waals surface area contributed by atoms with Crippen LogP contribution in [0.3, 0.4) is 0 Å². The fraction of sp³-hybridized carbons (Fsp3) is 0.429. The van der Waals surface area contributed by atoms with Gasteiger partial charge in [0.2, 0.25) is 23.5 Å². The highest BCUT2D eigenvalue weighted by Crippen LogP contribution is 2.41. The lowest BCUT2D eigenvalue weighted by Crippen LogP contribution is -2.44. The number of carbonyl (C=O) groups excluding carboxylic acids is 2. The number of methoxy groups -OCH3 is 3. The minimum atomic E-state index is -0.450. The zero-order chi connectivity index (χ0) is 40.2. The molecule has 1 saturated heterocycles. The van der Waals surface area contributed by atoms with Crippen LogP contribution in [0.1, 0.15) is 53.7 Å². The number of amides is 2. The van der Waals surface area contributed by atoms with Crippen LogP contribution in [0.5, 0.6) is 34.6 Å². The van der Waals surface area contributed by atoms with Gasteiger partial charge in [-0.2, -0.15) is 4.98 Å². The first-order chi connectivity index (χ1) is 27.0. The number of anilines is 3. The number of hydrogen-bond donors (Lipinski definition) is 3. The Balaban J connectivity index is 1.41. The van der Waals surface area contributed by atoms with Crippen molar-refractivity contribution in [3.8, 4) is 34.6 Å². The highest BCUT2D eigenvalue weighted by molar-refractivity contribution is 6.06. The van der Waals surface area contributed by atoms with Crippen LogP contribution in [-0.2, 0) is 11.2 Å². The first-order valence-electron chi connectivity index (χ1n) is 18.9. The van der Waals surface area contributed by atoms with Gasteiger partial charge >= 0.3 is 0 Å². The number of hydrogen-bond acceptors (Lipinski definition) is 12. The summed E-state index contributed by atoms with van der Waals surface area (Å²) in [6.45, 7) is 13.3. The second kappa shape index (κ2) is 19.8. The zero-order valence-electron chi connectivity index (χ0n) is 33.8. The van der Waals surface area contributed by atoms with E-state index < -0.39 is 5.91 Å². The number of likely N-dealkylation sites (N-methyl/N-ethyl adjacent to an activating group) is 1. The third-order valence-corrected chi connectivity index (χ3v) is 9.42. The smallest absolute Gasteiger partial charge is 0.262 e. The number of benzene rings is 3. The average molecular weight is 770 g/mol. The Kier molecular flexibility index (Phi) is 14.7. The highest BCUT2D eigenvalue weighted by Gasteiger charge is 2.22. The van der Waals surface area contributed by atoms with Crippen molar-refractivity contribution >= 4 is 29.1 Å². The molecule has 0 aliphatic carbocycles. The molecule has 1 fully saturated rings. The molecule has 0 radical (unpaired) electrons. The van der Waals surface area contributed by atoms with Gasteiger partial charge in [0.25, 0.3) is 5.91 Å². The van der Waals surface area contributed by atoms with E-state index in [1.165, 1.54) is 13.3 Å². The summed E-state index contributed by atoms with van der Waals surface area (Å²) < 4.78 is 29.6. The molecular weight excluding hydrogens is 715 g/mol. The molecular formula is C42H55N7O7. The van der Waals surface area contributed by atoms with Gasteiger partial charge in [-0.1, -0.05) is 24.3 Å². The van der Waals surface area contributed by atoms with Crippen molar-refractivity contribution in [2.75, 3.05) is 78.3 Å². The van der Waals surface area contributed by atoms with Crippen molar-refractivity contribution in [2.45, 2.75) is 53.0 Å². The molecule has 14 nitrogen and oxygen atoms in total. The van der Waals surface area contributed by atoms with Gasteiger partial charge in [-0.05, 0) is 76.4 Å². The monoisotopic (exact) mass is 769 g/mol. The maximum atomic E-state index is 13.9. The van der Waals surface area contributed by atoms with Crippen molar-refractivity contribution in [2.24, 2.45) is 0 Å². The lowest BCUT2D eigenvalue weighted by molar-refractivity contribution is -0.121. The van der Waals surface area contributed by atoms with Crippen LogP contribution < -0.4 is 39.6 Å². The number of piperazine rings is 1. The second-order valence-corrected chi connectivity index (χ2v) is 14.1. The quantitative estimate of drug-likeness (QED) is 0.0965. The van der Waals surface area contributed by atoms with Crippen LogP contribution >= 0.6 is 0 Å². The van der Waals surface area contributed by atoms with Crippen molar-refractivity contribution < 1.29 is 33.3 Å². The van der Waals surface area contributed by atoms with E-state index in [-0.39, 0.29) is 29.3 Å². The van der Waals surface area contributed by atoms with E-state index in [0.29, 0.717) is 59.6 Å². The number of ether oxygens (including phenoxy) is 5. The van der Waals surface area contributed by atoms with Crippen molar-refractivity contribution in [3.05, 3.63) is 77.0 Å². The van der Waals surface area contributed by atoms with Gasteiger partial charge in [0, 0.05) is 74.9 Å². The summed E-state index contributed by atoms with van der Waals surface area (Å²) in [4.78, 5) is 40.1. The number of carbonyl (C=O) groups is 2. The minimum absolute atomic E-state index is 0.00513. The van der Waals surface area contributed by atoms with Gasteiger partial charge in [-0.3, -0.25) is 9.59 Å². The van der Waals surface area contributed by atoms with E-state index >= 15 is 0 Å². The van der Waals surface area contributed by atoms with Crippen LogP contribution in [0.25, 0.3) is 0 Å². The highest BCUT2D eigenvalue weighted by atomic mass is 16.5. The SMILES string of the molecule is COc1cc(CCC(=O)NC(C)C)ccc1Oc1nc(Nc2cc(OC)c(OC)c(OCCCN3CCN(C)CC3)c2)ncc1C(=O)Nc1c(C)cccc1C. The zero-order valence-corrected chi connectivity index (χ0v) is 33.8. The van der Waals surface area contributed by atoms with E-state index in [9.17, 15) is 9.59 Å². The molecule has 1 aromatic heterocycles. The number of para-hydroxylation sites is 1. The van der Waals surface area contributed by atoms with E-state index in [1.807, 2.05) is 58.0 Å². The predicted octanol–water partition coefficient (Wildman–Crippen LogP) is 6.38. The number of nitrogens with one attached hydrogen (secondary N) is 3. The lowest BCUT2D eigenvalue weighted by atomic mass is 10.1. The normalized spacial score (nSPS) is 13.2. The number of rotatable bonds is 18. The van der Waals surface area contributed by atoms with Crippen LogP contribution in [0.2, 0.25) is 0 Å². The van der Waals surface area contributed by atoms with E-state index in [0.717, 1.165) is 55.8 Å². The molecule has 4 aromatic rings. The Bertz CT molecular complexity index is 1940. The molecule has 1 aliphatic rings. The molecule has 0 unspecified atom stereocenters. The molecule has 56 heavy (non-hydrogen) atoms. The summed E-state index contributed by atoms with van der Waals surface area (Å²) in [7, 11) is 6.81. The molecule has 14 heteroatoms.